The molecule has 0 bridgehead atoms. The first-order valence-corrected chi connectivity index (χ1v) is 21.3. The zero-order chi connectivity index (χ0) is 44.5. The van der Waals surface area contributed by atoms with Crippen LogP contribution in [0.15, 0.2) is 76.7 Å². The van der Waals surface area contributed by atoms with E-state index in [0.717, 1.165) is 11.1 Å². The highest BCUT2D eigenvalue weighted by Crippen LogP contribution is 2.37. The van der Waals surface area contributed by atoms with Crippen LogP contribution in [-0.2, 0) is 19.1 Å². The van der Waals surface area contributed by atoms with Gasteiger partial charge in [0.2, 0.25) is 0 Å². The van der Waals surface area contributed by atoms with Crippen LogP contribution < -0.4 is 5.32 Å². The van der Waals surface area contributed by atoms with Gasteiger partial charge in [-0.3, -0.25) is 24.4 Å². The van der Waals surface area contributed by atoms with Gasteiger partial charge < -0.3 is 29.5 Å². The van der Waals surface area contributed by atoms with E-state index < -0.39 is 28.6 Å². The summed E-state index contributed by atoms with van der Waals surface area (Å²) in [4.78, 5) is 78.4. The number of nitrogens with zero attached hydrogens (tertiary/aromatic N) is 5. The summed E-state index contributed by atoms with van der Waals surface area (Å²) in [5, 5.41) is 4.72. The van der Waals surface area contributed by atoms with Crippen LogP contribution in [0.2, 0.25) is 15.1 Å². The number of nitrogens with one attached hydrogen (secondary N) is 1. The molecule has 4 amide bonds. The van der Waals surface area contributed by atoms with Crippen molar-refractivity contribution in [2.45, 2.75) is 96.7 Å². The van der Waals surface area contributed by atoms with Gasteiger partial charge in [0.05, 0.1) is 6.54 Å². The quantitative estimate of drug-likeness (QED) is 0.252. The van der Waals surface area contributed by atoms with Crippen LogP contribution >= 0.6 is 34.8 Å². The molecule has 2 fully saturated rings. The number of aryl methyl sites for hydroxylation is 1. The van der Waals surface area contributed by atoms with E-state index in [1.54, 1.807) is 81.4 Å². The highest BCUT2D eigenvalue weighted by molar-refractivity contribution is 6.47. The molecular formula is C45H51Cl3N6O7. The third-order valence-electron chi connectivity index (χ3n) is 10.6. The summed E-state index contributed by atoms with van der Waals surface area (Å²) in [6.07, 6.45) is 1.19. The Kier molecular flexibility index (Phi) is 13.3. The number of benzene rings is 3. The average Bonchev–Trinajstić information content (AvgIpc) is 3.64. The molecule has 2 saturated heterocycles. The minimum atomic E-state index is -0.929. The maximum atomic E-state index is 13.6. The molecule has 13 nitrogen and oxygen atoms in total. The predicted octanol–water partition coefficient (Wildman–Crippen LogP) is 8.53. The van der Waals surface area contributed by atoms with Crippen LogP contribution in [0.1, 0.15) is 94.3 Å². The number of amides is 4. The minimum absolute atomic E-state index is 0.132. The Labute approximate surface area is 371 Å². The maximum absolute atomic E-state index is 13.6. The fraction of sp³-hybridized carbons (Fsp3) is 0.444. The number of halogens is 3. The lowest BCUT2D eigenvalue weighted by Crippen LogP contribution is -2.56. The van der Waals surface area contributed by atoms with Crippen molar-refractivity contribution in [2.75, 3.05) is 32.7 Å². The van der Waals surface area contributed by atoms with Gasteiger partial charge in [0.1, 0.15) is 34.0 Å². The molecule has 0 radical (unpaired) electrons. The summed E-state index contributed by atoms with van der Waals surface area (Å²) in [5.74, 6) is -0.709. The monoisotopic (exact) mass is 892 g/mol. The number of carbonyl (C=O) groups excluding carboxylic acids is 5. The van der Waals surface area contributed by atoms with Gasteiger partial charge in [-0.05, 0) is 96.5 Å². The Bertz CT molecular complexity index is 2250. The summed E-state index contributed by atoms with van der Waals surface area (Å²) in [6, 6.07) is 19.0. The van der Waals surface area contributed by atoms with E-state index in [-0.39, 0.29) is 35.9 Å². The normalized spacial score (nSPS) is 18.3. The molecule has 0 aromatic heterocycles. The number of aliphatic imine (C=N–C) groups is 2. The van der Waals surface area contributed by atoms with E-state index in [4.69, 9.17) is 49.3 Å². The molecule has 0 unspecified atom stereocenters. The lowest BCUT2D eigenvalue weighted by Gasteiger charge is -2.42. The van der Waals surface area contributed by atoms with E-state index in [1.807, 2.05) is 48.5 Å². The lowest BCUT2D eigenvalue weighted by molar-refractivity contribution is -0.128. The molecule has 3 aromatic rings. The molecule has 4 aliphatic heterocycles. The number of ether oxygens (including phenoxy) is 2. The Balaban J connectivity index is 0.000000218. The molecule has 1 N–H and O–H groups in total. The second-order valence-electron chi connectivity index (χ2n) is 17.6. The number of piperidine rings is 2. The number of ketones is 1. The number of hydrogen-bond acceptors (Lipinski definition) is 9. The Morgan fingerprint density at radius 2 is 1.16 bits per heavy atom. The van der Waals surface area contributed by atoms with Gasteiger partial charge in [-0.1, -0.05) is 59.1 Å². The molecule has 16 heteroatoms. The van der Waals surface area contributed by atoms with Crippen molar-refractivity contribution >= 4 is 76.0 Å². The minimum Gasteiger partial charge on any atom is -0.444 e. The van der Waals surface area contributed by atoms with E-state index in [1.165, 1.54) is 0 Å². The van der Waals surface area contributed by atoms with Gasteiger partial charge in [0, 0.05) is 83.6 Å². The van der Waals surface area contributed by atoms with Crippen LogP contribution in [0.4, 0.5) is 9.59 Å². The van der Waals surface area contributed by atoms with Crippen molar-refractivity contribution in [3.63, 3.8) is 0 Å². The fourth-order valence-electron chi connectivity index (χ4n) is 7.45. The summed E-state index contributed by atoms with van der Waals surface area (Å²) < 4.78 is 10.9. The average molecular weight is 894 g/mol. The highest BCUT2D eigenvalue weighted by atomic mass is 35.5. The molecule has 61 heavy (non-hydrogen) atoms. The summed E-state index contributed by atoms with van der Waals surface area (Å²) in [7, 11) is 0. The number of hydrogen-bond donors (Lipinski definition) is 1. The number of likely N-dealkylation sites (tertiary alicyclic amines) is 2. The van der Waals surface area contributed by atoms with Crippen molar-refractivity contribution < 1.29 is 33.4 Å². The van der Waals surface area contributed by atoms with Crippen molar-refractivity contribution in [1.82, 2.24) is 20.0 Å². The molecule has 4 heterocycles. The number of carbonyl (C=O) groups is 5. The fourth-order valence-corrected chi connectivity index (χ4v) is 7.82. The predicted molar refractivity (Wildman–Crippen MR) is 236 cm³/mol. The first kappa shape index (κ1) is 45.5. The van der Waals surface area contributed by atoms with Crippen molar-refractivity contribution in [3.8, 4) is 0 Å². The molecule has 324 valence electrons. The standard InChI is InChI=1S/C27H29Cl2N3O4.C18H22ClN3O3/c1-17-15-19(7-10-21(17)29)22(33)16-32-24(34)23(18-5-8-20(28)9-6-18)30-27(32)11-13-31(14-12-27)25(35)36-26(2,3)4;1-17(2,3)25-16(24)22-10-8-18(9-11-22)20-14(15(23)21-18)12-4-6-13(19)7-5-12/h5-10,15H,11-14,16H2,1-4H3;4-7H,8-11H2,1-3H3,(H,21,23). The summed E-state index contributed by atoms with van der Waals surface area (Å²) in [6.45, 7) is 14.4. The Morgan fingerprint density at radius 3 is 1.64 bits per heavy atom. The second kappa shape index (κ2) is 17.8. The van der Waals surface area contributed by atoms with Gasteiger partial charge in [-0.25, -0.2) is 9.59 Å². The smallest absolute Gasteiger partial charge is 0.410 e. The van der Waals surface area contributed by atoms with Gasteiger partial charge in [0.15, 0.2) is 5.78 Å². The first-order valence-electron chi connectivity index (χ1n) is 20.2. The van der Waals surface area contributed by atoms with E-state index in [9.17, 15) is 24.0 Å². The zero-order valence-corrected chi connectivity index (χ0v) is 37.7. The highest BCUT2D eigenvalue weighted by Gasteiger charge is 2.50. The van der Waals surface area contributed by atoms with Crippen molar-refractivity contribution in [1.29, 1.82) is 0 Å². The summed E-state index contributed by atoms with van der Waals surface area (Å²) >= 11 is 18.1. The van der Waals surface area contributed by atoms with Crippen molar-refractivity contribution in [3.05, 3.63) is 104 Å². The van der Waals surface area contributed by atoms with E-state index in [0.29, 0.717) is 83.8 Å². The maximum Gasteiger partial charge on any atom is 0.410 e. The third kappa shape index (κ3) is 10.9. The van der Waals surface area contributed by atoms with Gasteiger partial charge >= 0.3 is 12.2 Å². The molecule has 0 saturated carbocycles. The topological polar surface area (TPSA) is 150 Å². The van der Waals surface area contributed by atoms with Crippen molar-refractivity contribution in [2.24, 2.45) is 9.98 Å². The second-order valence-corrected chi connectivity index (χ2v) is 18.9. The van der Waals surface area contributed by atoms with E-state index in [2.05, 4.69) is 10.3 Å². The van der Waals surface area contributed by atoms with Gasteiger partial charge in [-0.2, -0.15) is 0 Å². The molecule has 4 aliphatic rings. The molecular weight excluding hydrogens is 843 g/mol. The zero-order valence-electron chi connectivity index (χ0n) is 35.4. The van der Waals surface area contributed by atoms with Crippen LogP contribution in [0.5, 0.6) is 0 Å². The summed E-state index contributed by atoms with van der Waals surface area (Å²) in [5.41, 5.74) is 0.661. The molecule has 0 atom stereocenters. The lowest BCUT2D eigenvalue weighted by atomic mass is 9.95. The largest absolute Gasteiger partial charge is 0.444 e. The molecule has 0 aliphatic carbocycles. The Morgan fingerprint density at radius 1 is 0.689 bits per heavy atom. The molecule has 7 rings (SSSR count). The number of Topliss-reactive ketones (excluding diaryl/α,β-unsaturated/α-hetero) is 1. The first-order chi connectivity index (χ1) is 28.6. The number of rotatable bonds is 5. The van der Waals surface area contributed by atoms with Crippen LogP contribution in [0.25, 0.3) is 0 Å². The van der Waals surface area contributed by atoms with Crippen LogP contribution in [0.3, 0.4) is 0 Å². The SMILES string of the molecule is CC(C)(C)OC(=O)N1CCC2(CC1)N=C(c1ccc(Cl)cc1)C(=O)N2.Cc1cc(C(=O)CN2C(=O)C(c3ccc(Cl)cc3)=NC23CCN(C(=O)OC(C)(C)C)CC3)ccc1Cl. The van der Waals surface area contributed by atoms with Crippen LogP contribution in [-0.4, -0.2) is 111 Å². The third-order valence-corrected chi connectivity index (χ3v) is 11.6. The molecule has 3 aromatic carbocycles. The van der Waals surface area contributed by atoms with Gasteiger partial charge in [-0.15, -0.1) is 0 Å². The van der Waals surface area contributed by atoms with E-state index >= 15 is 0 Å². The van der Waals surface area contributed by atoms with Gasteiger partial charge in [0.25, 0.3) is 11.8 Å². The molecule has 2 spiro atoms. The van der Waals surface area contributed by atoms with Crippen LogP contribution in [0, 0.1) is 6.92 Å². The Hall–Kier alpha value is -4.98.